The first-order chi connectivity index (χ1) is 56.7. The first-order valence-corrected chi connectivity index (χ1v) is 53.8. The van der Waals surface area contributed by atoms with Crippen LogP contribution in [0.1, 0.15) is 91.8 Å². The van der Waals surface area contributed by atoms with Gasteiger partial charge in [-0.2, -0.15) is 39.5 Å². The second-order valence-corrected chi connectivity index (χ2v) is 48.4. The minimum absolute atomic E-state index is 0.0352. The average molecular weight is 3480 g/mol. The summed E-state index contributed by atoms with van der Waals surface area (Å²) < 4.78 is 276. The van der Waals surface area contributed by atoms with E-state index in [4.69, 9.17) is 23.7 Å². The molecule has 5 atom stereocenters. The average Bonchev–Trinajstić information content (AvgIpc) is 0.767. The molecule has 0 aliphatic heterocycles. The number of hydrogen-bond acceptors (Lipinski definition) is 25. The van der Waals surface area contributed by atoms with E-state index in [0.717, 1.165) is 42.1 Å². The Kier molecular flexibility index (Phi) is 40.4. The topological polar surface area (TPSA) is 382 Å². The van der Waals surface area contributed by atoms with Crippen molar-refractivity contribution in [3.63, 3.8) is 0 Å². The van der Waals surface area contributed by atoms with E-state index < -0.39 is 165 Å². The Morgan fingerprint density at radius 1 is 0.315 bits per heavy atom. The standard InChI is InChI=1S/C25H19F3I6O9S.C25H13F3I6O9S.C22H14F3I3O7S/c2*1-24(25(26,27)28,9-44(38,39)40)43-23(37)12-3-10(21(35)41-19-15(31)5-13(29)6-16(19)32)2-11(4-12)22(36)42-20-17(33)7-14(30)8-18(20)34;1-21(22(23,24)25,10-36(31,32)33)35-20(30)15-7-3-4-12-13(15)5-2-6-14(12)19(29)34-18-16(27)8-11(26)9-17(18)28/h5-8,10-12H,2-4,9H2,1H3,(H,38,39,40);2-8H,9H2,1H3,(H,38,39,40);2-9H,10H2,1H3,(H,31,32,33)/p-3. The SMILES string of the molecule is CC(CS(=O)(=O)[O-])(OC(=O)C1CC(C(=O)Oc2c(I)cc(I)cc2I)CC(C(=O)Oc2c(I)cc(I)cc2I)C1)C(F)(F)F.CC(CS(=O)(=O)[O-])(OC(=O)c1cc(C(=O)Oc2c(I)cc(I)cc2I)cc(C(=O)Oc2c(I)cc(I)cc2I)c1)C(F)(F)F.CC(CS(=O)(=O)[O-])(OC(=O)c1cccc2c(C(=O)Oc3c(I)cc(I)cc3I)cccc12)C(F)(F)F. The second kappa shape index (κ2) is 45.2. The Morgan fingerprint density at radius 2 is 0.532 bits per heavy atom. The third-order valence-corrected chi connectivity index (χ3v) is 30.5. The highest BCUT2D eigenvalue weighted by Gasteiger charge is 2.59. The fraction of sp³-hybridized carbons (Fsp3) is 0.250. The summed E-state index contributed by atoms with van der Waals surface area (Å²) in [6, 6.07) is 28.4. The van der Waals surface area contributed by atoms with Crippen molar-refractivity contribution < 1.29 is 155 Å². The van der Waals surface area contributed by atoms with Crippen LogP contribution in [-0.4, -0.2) is 139 Å². The van der Waals surface area contributed by atoms with Gasteiger partial charge in [-0.15, -0.1) is 0 Å². The molecule has 0 heterocycles. The van der Waals surface area contributed by atoms with Crippen molar-refractivity contribution >= 4 is 428 Å². The minimum atomic E-state index is -5.53. The summed E-state index contributed by atoms with van der Waals surface area (Å²) in [6.45, 7) is 0.801. The molecule has 1 aliphatic carbocycles. The van der Waals surface area contributed by atoms with Crippen LogP contribution in [0.2, 0.25) is 0 Å². The molecule has 0 aromatic heterocycles. The molecule has 5 unspecified atom stereocenters. The molecule has 25 nitrogen and oxygen atoms in total. The maximum absolute atomic E-state index is 13.8. The fourth-order valence-corrected chi connectivity index (χ4v) is 32.5. The molecule has 0 radical (unpaired) electrons. The van der Waals surface area contributed by atoms with Crippen molar-refractivity contribution in [3.8, 4) is 28.7 Å². The quantitative estimate of drug-likeness (QED) is 0.0152. The number of hydrogen-bond donors (Lipinski definition) is 0. The zero-order chi connectivity index (χ0) is 93.8. The van der Waals surface area contributed by atoms with Crippen LogP contribution in [0.15, 0.2) is 115 Å². The van der Waals surface area contributed by atoms with Crippen LogP contribution in [0.4, 0.5) is 39.5 Å². The Bertz CT molecular complexity index is 5690. The summed E-state index contributed by atoms with van der Waals surface area (Å²) in [4.78, 5) is 105. The summed E-state index contributed by atoms with van der Waals surface area (Å²) in [5.74, 6) is -18.1. The van der Waals surface area contributed by atoms with Gasteiger partial charge in [0.25, 0.3) is 0 Å². The molecular weight excluding hydrogens is 3440 g/mol. The number of fused-ring (bicyclic) bond motifs is 1. The first kappa shape index (κ1) is 111. The summed E-state index contributed by atoms with van der Waals surface area (Å²) in [5.41, 5.74) is -12.9. The monoisotopic (exact) mass is 3480 g/mol. The molecule has 1 fully saturated rings. The predicted octanol–water partition coefficient (Wildman–Crippen LogP) is 20.9. The van der Waals surface area contributed by atoms with Crippen LogP contribution >= 0.6 is 339 Å². The summed E-state index contributed by atoms with van der Waals surface area (Å²) in [5, 5.41) is 0.260. The molecule has 1 saturated carbocycles. The Balaban J connectivity index is 0.000000257. The molecule has 0 amide bonds. The van der Waals surface area contributed by atoms with Crippen LogP contribution in [0.25, 0.3) is 10.8 Å². The number of alkyl halides is 9. The number of rotatable bonds is 22. The molecule has 1 aliphatic rings. The molecule has 124 heavy (non-hydrogen) atoms. The zero-order valence-electron chi connectivity index (χ0n) is 60.9. The maximum atomic E-state index is 13.8. The minimum Gasteiger partial charge on any atom is -0.748 e. The van der Waals surface area contributed by atoms with Gasteiger partial charge in [0.05, 0.1) is 129 Å². The number of ether oxygens (including phenoxy) is 8. The van der Waals surface area contributed by atoms with Gasteiger partial charge in [0.1, 0.15) is 0 Å². The van der Waals surface area contributed by atoms with Gasteiger partial charge in [0.15, 0.2) is 28.7 Å². The molecule has 8 aromatic rings. The van der Waals surface area contributed by atoms with Gasteiger partial charge >= 0.3 is 66.3 Å². The molecule has 52 heteroatoms. The Morgan fingerprint density at radius 3 is 0.790 bits per heavy atom. The van der Waals surface area contributed by atoms with Gasteiger partial charge in [0, 0.05) is 17.9 Å². The lowest BCUT2D eigenvalue weighted by Gasteiger charge is -2.36. The van der Waals surface area contributed by atoms with E-state index in [2.05, 4.69) is 127 Å². The number of carbonyl (C=O) groups is 8. The molecule has 9 rings (SSSR count). The van der Waals surface area contributed by atoms with E-state index in [9.17, 15) is 117 Å². The Labute approximate surface area is 902 Å². The highest BCUT2D eigenvalue weighted by atomic mass is 127. The highest BCUT2D eigenvalue weighted by molar-refractivity contribution is 14.1. The van der Waals surface area contributed by atoms with E-state index >= 15 is 0 Å². The van der Waals surface area contributed by atoms with Crippen LogP contribution in [0, 0.1) is 71.3 Å². The Hall–Kier alpha value is -0.170. The predicted molar refractivity (Wildman–Crippen MR) is 548 cm³/mol. The van der Waals surface area contributed by atoms with E-state index in [1.54, 1.807) is 48.5 Å². The van der Waals surface area contributed by atoms with Gasteiger partial charge in [-0.05, 0) is 481 Å². The molecule has 0 bridgehead atoms. The van der Waals surface area contributed by atoms with Crippen molar-refractivity contribution in [2.45, 2.75) is 75.4 Å². The van der Waals surface area contributed by atoms with Gasteiger partial charge in [-0.25, -0.2) is 49.2 Å². The van der Waals surface area contributed by atoms with E-state index in [-0.39, 0.29) is 78.0 Å². The van der Waals surface area contributed by atoms with Gasteiger partial charge in [-0.3, -0.25) is 14.4 Å². The molecule has 0 spiro atoms. The summed E-state index contributed by atoms with van der Waals surface area (Å²) in [6.07, 6.45) is -17.1. The third kappa shape index (κ3) is 30.9. The lowest BCUT2D eigenvalue weighted by molar-refractivity contribution is -0.258. The van der Waals surface area contributed by atoms with Crippen molar-refractivity contribution in [1.82, 2.24) is 0 Å². The van der Waals surface area contributed by atoms with Crippen molar-refractivity contribution in [2.75, 3.05) is 17.3 Å². The highest BCUT2D eigenvalue weighted by Crippen LogP contribution is 2.45. The number of esters is 8. The number of benzene rings is 8. The third-order valence-electron chi connectivity index (χ3n) is 16.6. The maximum Gasteiger partial charge on any atom is 0.429 e. The number of halogens is 24. The lowest BCUT2D eigenvalue weighted by atomic mass is 9.75. The smallest absolute Gasteiger partial charge is 0.429 e. The fourth-order valence-electron chi connectivity index (χ4n) is 10.8. The van der Waals surface area contributed by atoms with Crippen LogP contribution < -0.4 is 23.7 Å². The largest absolute Gasteiger partial charge is 0.748 e. The van der Waals surface area contributed by atoms with Crippen molar-refractivity contribution in [2.24, 2.45) is 17.8 Å². The summed E-state index contributed by atoms with van der Waals surface area (Å²) in [7, 11) is -16.4. The first-order valence-electron chi connectivity index (χ1n) is 32.9. The molecule has 0 saturated heterocycles. The van der Waals surface area contributed by atoms with E-state index in [0.29, 0.717) is 48.4 Å². The van der Waals surface area contributed by atoms with Gasteiger partial charge in [-0.1, -0.05) is 24.3 Å². The number of carbonyl (C=O) groups excluding carboxylic acids is 8. The van der Waals surface area contributed by atoms with Crippen molar-refractivity contribution in [3.05, 3.63) is 197 Å². The van der Waals surface area contributed by atoms with Gasteiger partial charge < -0.3 is 51.6 Å². The van der Waals surface area contributed by atoms with Gasteiger partial charge in [0.2, 0.25) is 16.8 Å². The summed E-state index contributed by atoms with van der Waals surface area (Å²) >= 11 is 30.1. The molecule has 0 N–H and O–H groups in total. The normalized spacial score (nSPS) is 15.9. The van der Waals surface area contributed by atoms with E-state index in [1.807, 2.05) is 238 Å². The molecule has 8 aromatic carbocycles. The van der Waals surface area contributed by atoms with Crippen LogP contribution in [-0.2, 0) is 58.9 Å². The van der Waals surface area contributed by atoms with Crippen LogP contribution in [0.5, 0.6) is 28.7 Å². The molecular formula is C72H43F9I15O25S3-3. The lowest BCUT2D eigenvalue weighted by Crippen LogP contribution is -2.52. The second-order valence-electron chi connectivity index (χ2n) is 26.3. The van der Waals surface area contributed by atoms with Crippen molar-refractivity contribution in [1.29, 1.82) is 0 Å². The van der Waals surface area contributed by atoms with Crippen LogP contribution in [0.3, 0.4) is 0 Å². The molecule has 670 valence electrons. The zero-order valence-corrected chi connectivity index (χ0v) is 95.8. The van der Waals surface area contributed by atoms with E-state index in [1.165, 1.54) is 30.3 Å².